The maximum absolute atomic E-state index is 12.9. The molecule has 4 nitrogen and oxygen atoms in total. The first-order valence-electron chi connectivity index (χ1n) is 8.98. The Hall–Kier alpha value is -2.35. The fraction of sp³-hybridized carbons (Fsp3) is 0.350. The summed E-state index contributed by atoms with van der Waals surface area (Å²) in [4.78, 5) is 14.3. The molecule has 2 aromatic rings. The van der Waals surface area contributed by atoms with Crippen molar-refractivity contribution in [3.05, 3.63) is 75.2 Å². The summed E-state index contributed by atoms with van der Waals surface area (Å²) in [7, 11) is -2.54. The second kappa shape index (κ2) is 8.34. The van der Waals surface area contributed by atoms with Crippen molar-refractivity contribution in [3.8, 4) is 0 Å². The molecule has 28 heavy (non-hydrogen) atoms. The van der Waals surface area contributed by atoms with Crippen LogP contribution in [-0.2, 0) is 22.6 Å². The number of hydrogen-bond acceptors (Lipinski definition) is 3. The molecular weight excluding hydrogens is 391 g/mol. The van der Waals surface area contributed by atoms with Crippen LogP contribution in [0, 0.1) is 5.92 Å². The van der Waals surface area contributed by atoms with Gasteiger partial charge >= 0.3 is 6.18 Å². The number of pyridine rings is 1. The molecule has 0 saturated heterocycles. The van der Waals surface area contributed by atoms with Gasteiger partial charge in [-0.3, -0.25) is 4.79 Å². The highest BCUT2D eigenvalue weighted by atomic mass is 32.2. The maximum atomic E-state index is 12.9. The Morgan fingerprint density at radius 2 is 1.71 bits per heavy atom. The van der Waals surface area contributed by atoms with Gasteiger partial charge < -0.3 is 4.98 Å². The molecule has 1 fully saturated rings. The summed E-state index contributed by atoms with van der Waals surface area (Å²) in [6.07, 6.45) is 1.44. The summed E-state index contributed by atoms with van der Waals surface area (Å²) >= 11 is 0. The van der Waals surface area contributed by atoms with Crippen LogP contribution in [0.5, 0.6) is 0 Å². The van der Waals surface area contributed by atoms with Gasteiger partial charge in [0.1, 0.15) is 16.3 Å². The van der Waals surface area contributed by atoms with Gasteiger partial charge in [-0.1, -0.05) is 43.2 Å². The van der Waals surface area contributed by atoms with Gasteiger partial charge in [0.2, 0.25) is 0 Å². The van der Waals surface area contributed by atoms with Gasteiger partial charge in [-0.25, -0.2) is 8.42 Å². The van der Waals surface area contributed by atoms with Crippen LogP contribution in [-0.4, -0.2) is 13.4 Å². The Balaban J connectivity index is 2.03. The number of benzene rings is 1. The third-order valence-electron chi connectivity index (χ3n) is 4.88. The Morgan fingerprint density at radius 3 is 2.25 bits per heavy atom. The molecule has 3 rings (SSSR count). The molecule has 0 unspecified atom stereocenters. The first kappa shape index (κ1) is 20.4. The number of rotatable bonds is 5. The lowest BCUT2D eigenvalue weighted by atomic mass is 9.95. The SMILES string of the molecule is O=c1[nH]c(/C(=C/C2CCCC2)c2ccc(C[SH](=O)=O)cc2)ccc1C(F)(F)F. The lowest BCUT2D eigenvalue weighted by Crippen LogP contribution is -2.22. The number of H-pyrrole nitrogens is 1. The number of thiol groups is 1. The minimum Gasteiger partial charge on any atom is -0.321 e. The highest BCUT2D eigenvalue weighted by molar-refractivity contribution is 7.71. The molecule has 0 atom stereocenters. The van der Waals surface area contributed by atoms with Crippen molar-refractivity contribution in [3.63, 3.8) is 0 Å². The Labute approximate surface area is 162 Å². The summed E-state index contributed by atoms with van der Waals surface area (Å²) < 4.78 is 60.5. The number of allylic oxidation sites excluding steroid dienone is 1. The van der Waals surface area contributed by atoms with Crippen LogP contribution in [0.15, 0.2) is 47.3 Å². The first-order valence-corrected chi connectivity index (χ1v) is 10.3. The Kier molecular flexibility index (Phi) is 6.07. The molecule has 0 amide bonds. The quantitative estimate of drug-likeness (QED) is 0.727. The number of aromatic nitrogens is 1. The minimum absolute atomic E-state index is 0.0750. The van der Waals surface area contributed by atoms with Gasteiger partial charge in [-0.05, 0) is 42.0 Å². The molecule has 1 aliphatic carbocycles. The van der Waals surface area contributed by atoms with E-state index in [-0.39, 0.29) is 11.7 Å². The average Bonchev–Trinajstić information content (AvgIpc) is 3.12. The summed E-state index contributed by atoms with van der Waals surface area (Å²) in [5, 5.41) is 0. The van der Waals surface area contributed by atoms with Crippen LogP contribution in [0.1, 0.15) is 48.1 Å². The zero-order chi connectivity index (χ0) is 20.3. The fourth-order valence-electron chi connectivity index (χ4n) is 3.49. The Morgan fingerprint density at radius 1 is 1.07 bits per heavy atom. The summed E-state index contributed by atoms with van der Waals surface area (Å²) in [6, 6.07) is 8.87. The topological polar surface area (TPSA) is 67.0 Å². The van der Waals surface area contributed by atoms with E-state index < -0.39 is 28.0 Å². The molecule has 1 aromatic heterocycles. The molecule has 150 valence electrons. The van der Waals surface area contributed by atoms with Gasteiger partial charge in [0, 0.05) is 11.3 Å². The van der Waals surface area contributed by atoms with Crippen LogP contribution in [0.2, 0.25) is 0 Å². The molecule has 1 saturated carbocycles. The van der Waals surface area contributed by atoms with Crippen LogP contribution >= 0.6 is 0 Å². The van der Waals surface area contributed by atoms with Gasteiger partial charge in [-0.2, -0.15) is 13.2 Å². The molecule has 1 aliphatic rings. The van der Waals surface area contributed by atoms with E-state index in [4.69, 9.17) is 0 Å². The second-order valence-corrected chi connectivity index (χ2v) is 7.91. The van der Waals surface area contributed by atoms with Crippen molar-refractivity contribution in [2.24, 2.45) is 5.92 Å². The normalized spacial score (nSPS) is 16.1. The van der Waals surface area contributed by atoms with Crippen LogP contribution in [0.4, 0.5) is 13.2 Å². The lowest BCUT2D eigenvalue weighted by Gasteiger charge is -2.13. The van der Waals surface area contributed by atoms with Crippen molar-refractivity contribution >= 4 is 16.3 Å². The highest BCUT2D eigenvalue weighted by Crippen LogP contribution is 2.32. The van der Waals surface area contributed by atoms with Gasteiger partial charge in [0.15, 0.2) is 0 Å². The third kappa shape index (κ3) is 4.92. The van der Waals surface area contributed by atoms with Gasteiger partial charge in [-0.15, -0.1) is 0 Å². The molecule has 0 bridgehead atoms. The second-order valence-electron chi connectivity index (χ2n) is 6.93. The van der Waals surface area contributed by atoms with E-state index in [0.29, 0.717) is 22.4 Å². The van der Waals surface area contributed by atoms with Crippen LogP contribution in [0.25, 0.3) is 5.57 Å². The Bertz CT molecular complexity index is 991. The zero-order valence-corrected chi connectivity index (χ0v) is 15.9. The largest absolute Gasteiger partial charge is 0.421 e. The van der Waals surface area contributed by atoms with Gasteiger partial charge in [0.25, 0.3) is 5.56 Å². The lowest BCUT2D eigenvalue weighted by molar-refractivity contribution is -0.138. The van der Waals surface area contributed by atoms with E-state index in [1.165, 1.54) is 6.07 Å². The summed E-state index contributed by atoms with van der Waals surface area (Å²) in [5.41, 5.74) is -0.107. The van der Waals surface area contributed by atoms with E-state index in [1.54, 1.807) is 24.3 Å². The molecule has 8 heteroatoms. The van der Waals surface area contributed by atoms with E-state index in [2.05, 4.69) is 4.98 Å². The monoisotopic (exact) mass is 411 g/mol. The molecule has 1 N–H and O–H groups in total. The molecule has 1 heterocycles. The smallest absolute Gasteiger partial charge is 0.321 e. The van der Waals surface area contributed by atoms with E-state index in [0.717, 1.165) is 31.7 Å². The average molecular weight is 411 g/mol. The van der Waals surface area contributed by atoms with Crippen LogP contribution < -0.4 is 5.56 Å². The first-order chi connectivity index (χ1) is 13.2. The van der Waals surface area contributed by atoms with E-state index in [1.807, 2.05) is 6.08 Å². The summed E-state index contributed by atoms with van der Waals surface area (Å²) in [5.74, 6) is 0.214. The minimum atomic E-state index is -4.71. The van der Waals surface area contributed by atoms with E-state index in [9.17, 15) is 26.4 Å². The standard InChI is InChI=1S/C20H20F3NO3S/c21-20(22,23)17-9-10-18(24-19(17)25)16(11-13-3-1-2-4-13)15-7-5-14(6-8-15)12-28(26)27/h5-11,13,28H,1-4,12H2,(H,24,25)/b16-11+. The molecule has 0 spiro atoms. The third-order valence-corrected chi connectivity index (χ3v) is 5.51. The number of alkyl halides is 3. The van der Waals surface area contributed by atoms with Crippen molar-refractivity contribution in [1.29, 1.82) is 0 Å². The van der Waals surface area contributed by atoms with Crippen molar-refractivity contribution in [2.75, 3.05) is 0 Å². The van der Waals surface area contributed by atoms with Crippen molar-refractivity contribution in [2.45, 2.75) is 37.6 Å². The molecule has 0 radical (unpaired) electrons. The predicted molar refractivity (Wildman–Crippen MR) is 102 cm³/mol. The zero-order valence-electron chi connectivity index (χ0n) is 15.0. The fourth-order valence-corrected chi connectivity index (χ4v) is 4.00. The number of halogens is 3. The molecule has 0 aliphatic heterocycles. The van der Waals surface area contributed by atoms with Crippen molar-refractivity contribution in [1.82, 2.24) is 4.98 Å². The number of aromatic amines is 1. The van der Waals surface area contributed by atoms with Crippen molar-refractivity contribution < 1.29 is 21.6 Å². The molecular formula is C20H20F3NO3S. The predicted octanol–water partition coefficient (Wildman–Crippen LogP) is 4.13. The van der Waals surface area contributed by atoms with Gasteiger partial charge in [0.05, 0.1) is 5.75 Å². The maximum Gasteiger partial charge on any atom is 0.421 e. The highest BCUT2D eigenvalue weighted by Gasteiger charge is 2.34. The molecule has 1 aromatic carbocycles. The van der Waals surface area contributed by atoms with Crippen LogP contribution in [0.3, 0.4) is 0 Å². The van der Waals surface area contributed by atoms with E-state index >= 15 is 0 Å². The number of nitrogens with one attached hydrogen (secondary N) is 1. The number of hydrogen-bond donors (Lipinski definition) is 2. The summed E-state index contributed by atoms with van der Waals surface area (Å²) in [6.45, 7) is 0.